The van der Waals surface area contributed by atoms with Crippen LogP contribution in [0.2, 0.25) is 0 Å². The van der Waals surface area contributed by atoms with E-state index < -0.39 is 0 Å². The third kappa shape index (κ3) is 4.18. The van der Waals surface area contributed by atoms with Crippen molar-refractivity contribution >= 4 is 44.9 Å². The molecule has 0 spiro atoms. The number of hydrogen-bond acceptors (Lipinski definition) is 5. The summed E-state index contributed by atoms with van der Waals surface area (Å²) in [5.41, 5.74) is 5.33. The van der Waals surface area contributed by atoms with Crippen molar-refractivity contribution in [1.29, 1.82) is 0 Å². The lowest BCUT2D eigenvalue weighted by molar-refractivity contribution is -0.118. The maximum atomic E-state index is 11.9. The zero-order valence-electron chi connectivity index (χ0n) is 12.5. The van der Waals surface area contributed by atoms with Crippen LogP contribution in [0.15, 0.2) is 64.0 Å². The molecule has 4 nitrogen and oxygen atoms in total. The lowest BCUT2D eigenvalue weighted by Crippen LogP contribution is -2.21. The number of carbonyl (C=O) groups is 1. The van der Waals surface area contributed by atoms with E-state index in [2.05, 4.69) is 15.5 Å². The fraction of sp³-hybridized carbons (Fsp3) is 0.118. The van der Waals surface area contributed by atoms with Gasteiger partial charge in [0, 0.05) is 0 Å². The molecule has 116 valence electrons. The molecule has 3 aromatic rings. The van der Waals surface area contributed by atoms with Crippen LogP contribution in [0.3, 0.4) is 0 Å². The van der Waals surface area contributed by atoms with Gasteiger partial charge in [-0.05, 0) is 24.6 Å². The normalized spacial score (nSPS) is 11.6. The summed E-state index contributed by atoms with van der Waals surface area (Å²) in [7, 11) is 0. The second kappa shape index (κ2) is 7.39. The first-order chi connectivity index (χ1) is 11.2. The zero-order chi connectivity index (χ0) is 16.1. The molecule has 0 aliphatic heterocycles. The Labute approximate surface area is 142 Å². The number of thiazole rings is 1. The van der Waals surface area contributed by atoms with Gasteiger partial charge >= 0.3 is 0 Å². The minimum atomic E-state index is -0.135. The molecular formula is C17H15N3OS2. The van der Waals surface area contributed by atoms with Crippen molar-refractivity contribution in [2.24, 2.45) is 5.10 Å². The van der Waals surface area contributed by atoms with Gasteiger partial charge in [0.2, 0.25) is 0 Å². The second-order valence-electron chi connectivity index (χ2n) is 4.83. The fourth-order valence-electron chi connectivity index (χ4n) is 1.96. The molecule has 0 aliphatic rings. The van der Waals surface area contributed by atoms with Crippen LogP contribution < -0.4 is 5.43 Å². The van der Waals surface area contributed by atoms with Crippen molar-refractivity contribution < 1.29 is 4.79 Å². The molecule has 0 bridgehead atoms. The third-order valence-electron chi connectivity index (χ3n) is 3.14. The van der Waals surface area contributed by atoms with Crippen molar-refractivity contribution in [2.75, 3.05) is 5.75 Å². The number of fused-ring (bicyclic) bond motifs is 1. The number of aromatic nitrogens is 1. The average molecular weight is 341 g/mol. The van der Waals surface area contributed by atoms with Crippen LogP contribution in [-0.2, 0) is 4.79 Å². The van der Waals surface area contributed by atoms with Gasteiger partial charge in [-0.15, -0.1) is 11.3 Å². The topological polar surface area (TPSA) is 54.4 Å². The summed E-state index contributed by atoms with van der Waals surface area (Å²) >= 11 is 3.02. The molecule has 1 heterocycles. The summed E-state index contributed by atoms with van der Waals surface area (Å²) in [4.78, 5) is 16.4. The molecule has 0 fully saturated rings. The number of thioether (sulfide) groups is 1. The van der Waals surface area contributed by atoms with Gasteiger partial charge in [-0.3, -0.25) is 4.79 Å². The molecule has 1 amide bonds. The monoisotopic (exact) mass is 341 g/mol. The molecule has 0 radical (unpaired) electrons. The van der Waals surface area contributed by atoms with E-state index in [-0.39, 0.29) is 5.91 Å². The van der Waals surface area contributed by atoms with Gasteiger partial charge in [-0.25, -0.2) is 10.4 Å². The number of carbonyl (C=O) groups excluding carboxylic acids is 1. The molecule has 0 aliphatic carbocycles. The number of hydrogen-bond donors (Lipinski definition) is 1. The first-order valence-electron chi connectivity index (χ1n) is 7.09. The number of para-hydroxylation sites is 1. The fourth-order valence-corrected chi connectivity index (χ4v) is 3.82. The minimum absolute atomic E-state index is 0.135. The van der Waals surface area contributed by atoms with Gasteiger partial charge in [-0.2, -0.15) is 5.10 Å². The van der Waals surface area contributed by atoms with E-state index >= 15 is 0 Å². The highest BCUT2D eigenvalue weighted by Crippen LogP contribution is 2.28. The van der Waals surface area contributed by atoms with Gasteiger partial charge < -0.3 is 0 Å². The highest BCUT2D eigenvalue weighted by atomic mass is 32.2. The lowest BCUT2D eigenvalue weighted by atomic mass is 10.1. The first kappa shape index (κ1) is 15.7. The largest absolute Gasteiger partial charge is 0.272 e. The van der Waals surface area contributed by atoms with Gasteiger partial charge in [0.1, 0.15) is 0 Å². The SMILES string of the molecule is C/C(=N/NC(=O)CSc1nc2ccccc2s1)c1ccccc1. The van der Waals surface area contributed by atoms with Crippen LogP contribution in [0.5, 0.6) is 0 Å². The van der Waals surface area contributed by atoms with Crippen LogP contribution in [-0.4, -0.2) is 22.4 Å². The van der Waals surface area contributed by atoms with Gasteiger partial charge in [0.15, 0.2) is 4.34 Å². The summed E-state index contributed by atoms with van der Waals surface area (Å²) in [6, 6.07) is 17.7. The van der Waals surface area contributed by atoms with Gasteiger partial charge in [0.25, 0.3) is 5.91 Å². The third-order valence-corrected chi connectivity index (χ3v) is 5.32. The predicted molar refractivity (Wildman–Crippen MR) is 97.1 cm³/mol. The van der Waals surface area contributed by atoms with E-state index in [0.717, 1.165) is 25.8 Å². The van der Waals surface area contributed by atoms with E-state index in [9.17, 15) is 4.79 Å². The Balaban J connectivity index is 1.55. The Morgan fingerprint density at radius 2 is 1.91 bits per heavy atom. The number of amides is 1. The standard InChI is InChI=1S/C17H15N3OS2/c1-12(13-7-3-2-4-8-13)19-20-16(21)11-22-17-18-14-9-5-6-10-15(14)23-17/h2-10H,11H2,1H3,(H,20,21)/b19-12-. The molecule has 0 saturated heterocycles. The number of hydrazone groups is 1. The molecule has 2 aromatic carbocycles. The van der Waals surface area contributed by atoms with Crippen molar-refractivity contribution in [2.45, 2.75) is 11.3 Å². The Kier molecular flexibility index (Phi) is 5.05. The van der Waals surface area contributed by atoms with Crippen molar-refractivity contribution in [1.82, 2.24) is 10.4 Å². The zero-order valence-corrected chi connectivity index (χ0v) is 14.2. The van der Waals surface area contributed by atoms with Gasteiger partial charge in [0.05, 0.1) is 21.7 Å². The summed E-state index contributed by atoms with van der Waals surface area (Å²) < 4.78 is 2.03. The number of nitrogens with zero attached hydrogens (tertiary/aromatic N) is 2. The molecule has 1 N–H and O–H groups in total. The molecule has 6 heteroatoms. The van der Waals surface area contributed by atoms with Crippen LogP contribution in [0.1, 0.15) is 12.5 Å². The number of nitrogens with one attached hydrogen (secondary N) is 1. The van der Waals surface area contributed by atoms with E-state index in [1.165, 1.54) is 11.8 Å². The lowest BCUT2D eigenvalue weighted by Gasteiger charge is -2.02. The maximum absolute atomic E-state index is 11.9. The number of rotatable bonds is 5. The van der Waals surface area contributed by atoms with E-state index in [4.69, 9.17) is 0 Å². The highest BCUT2D eigenvalue weighted by Gasteiger charge is 2.07. The number of benzene rings is 2. The molecule has 0 atom stereocenters. The average Bonchev–Trinajstić information content (AvgIpc) is 3.01. The van der Waals surface area contributed by atoms with E-state index in [1.54, 1.807) is 11.3 Å². The molecule has 0 saturated carbocycles. The second-order valence-corrected chi connectivity index (χ2v) is 7.09. The van der Waals surface area contributed by atoms with Crippen molar-refractivity contribution in [3.8, 4) is 0 Å². The summed E-state index contributed by atoms with van der Waals surface area (Å²) in [5, 5.41) is 4.14. The minimum Gasteiger partial charge on any atom is -0.272 e. The molecule has 3 rings (SSSR count). The maximum Gasteiger partial charge on any atom is 0.250 e. The predicted octanol–water partition coefficient (Wildman–Crippen LogP) is 3.93. The first-order valence-corrected chi connectivity index (χ1v) is 8.89. The Morgan fingerprint density at radius 3 is 2.70 bits per heavy atom. The van der Waals surface area contributed by atoms with Crippen LogP contribution in [0, 0.1) is 0 Å². The van der Waals surface area contributed by atoms with Crippen molar-refractivity contribution in [3.05, 3.63) is 60.2 Å². The smallest absolute Gasteiger partial charge is 0.250 e. The van der Waals surface area contributed by atoms with Crippen molar-refractivity contribution in [3.63, 3.8) is 0 Å². The summed E-state index contributed by atoms with van der Waals surface area (Å²) in [5.74, 6) is 0.162. The molecular weight excluding hydrogens is 326 g/mol. The quantitative estimate of drug-likeness (QED) is 0.435. The van der Waals surface area contributed by atoms with Crippen LogP contribution in [0.25, 0.3) is 10.2 Å². The Bertz CT molecular complexity index is 810. The van der Waals surface area contributed by atoms with Gasteiger partial charge in [-0.1, -0.05) is 54.2 Å². The van der Waals surface area contributed by atoms with Crippen LogP contribution in [0.4, 0.5) is 0 Å². The Morgan fingerprint density at radius 1 is 1.17 bits per heavy atom. The molecule has 0 unspecified atom stereocenters. The Hall–Kier alpha value is -2.18. The summed E-state index contributed by atoms with van der Waals surface area (Å²) in [6.07, 6.45) is 0. The highest BCUT2D eigenvalue weighted by molar-refractivity contribution is 8.01. The molecule has 1 aromatic heterocycles. The summed E-state index contributed by atoms with van der Waals surface area (Å²) in [6.45, 7) is 1.87. The van der Waals surface area contributed by atoms with Crippen LogP contribution >= 0.6 is 23.1 Å². The van der Waals surface area contributed by atoms with E-state index in [0.29, 0.717) is 5.75 Å². The van der Waals surface area contributed by atoms with E-state index in [1.807, 2.05) is 61.5 Å². The molecule has 23 heavy (non-hydrogen) atoms.